The molecule has 0 fully saturated rings. The number of carbonyl (C=O) groups is 1. The van der Waals surface area contributed by atoms with Gasteiger partial charge in [-0.05, 0) is 24.3 Å². The first kappa shape index (κ1) is 18.8. The lowest BCUT2D eigenvalue weighted by atomic mass is 10.1. The fourth-order valence-corrected chi connectivity index (χ4v) is 3.45. The van der Waals surface area contributed by atoms with Gasteiger partial charge in [-0.15, -0.1) is 0 Å². The third-order valence-corrected chi connectivity index (χ3v) is 5.32. The maximum atomic E-state index is 12.6. The number of nitrogens with zero attached hydrogens (tertiary/aromatic N) is 2. The second-order valence-corrected chi connectivity index (χ2v) is 7.92. The van der Waals surface area contributed by atoms with Crippen molar-refractivity contribution >= 4 is 15.6 Å². The minimum Gasteiger partial charge on any atom is -0.351 e. The molecule has 5 nitrogen and oxygen atoms in total. The zero-order valence-electron chi connectivity index (χ0n) is 13.9. The largest absolute Gasteiger partial charge is 0.452 e. The first-order chi connectivity index (χ1) is 12.7. The highest BCUT2D eigenvalue weighted by Crippen LogP contribution is 2.32. The maximum absolute atomic E-state index is 12.6. The van der Waals surface area contributed by atoms with Crippen molar-refractivity contribution in [2.45, 2.75) is 11.1 Å². The molecule has 0 bridgehead atoms. The molecule has 0 spiro atoms. The Morgan fingerprint density at radius 3 is 2.26 bits per heavy atom. The number of amides is 1. The van der Waals surface area contributed by atoms with E-state index in [2.05, 4.69) is 14.0 Å². The van der Waals surface area contributed by atoms with Gasteiger partial charge in [-0.3, -0.25) is 4.79 Å². The van der Waals surface area contributed by atoms with Gasteiger partial charge in [-0.1, -0.05) is 35.5 Å². The first-order valence-electron chi connectivity index (χ1n) is 7.63. The van der Waals surface area contributed by atoms with E-state index in [-0.39, 0.29) is 11.3 Å². The Hall–Kier alpha value is -2.94. The lowest BCUT2D eigenvalue weighted by Crippen LogP contribution is -2.03. The van der Waals surface area contributed by atoms with Crippen molar-refractivity contribution in [3.8, 4) is 11.3 Å². The Bertz CT molecular complexity index is 1080. The summed E-state index contributed by atoms with van der Waals surface area (Å²) in [4.78, 5) is 12.7. The monoisotopic (exact) mass is 394 g/mol. The van der Waals surface area contributed by atoms with Gasteiger partial charge < -0.3 is 4.52 Å². The van der Waals surface area contributed by atoms with E-state index in [4.69, 9.17) is 0 Å². The van der Waals surface area contributed by atoms with E-state index in [1.807, 2.05) is 0 Å². The summed E-state index contributed by atoms with van der Waals surface area (Å²) in [5.74, 6) is -1.89. The van der Waals surface area contributed by atoms with Crippen molar-refractivity contribution in [3.63, 3.8) is 0 Å². The van der Waals surface area contributed by atoms with Crippen molar-refractivity contribution < 1.29 is 26.7 Å². The highest BCUT2D eigenvalue weighted by Gasteiger charge is 2.36. The lowest BCUT2D eigenvalue weighted by molar-refractivity contribution is -0.155. The predicted molar refractivity (Wildman–Crippen MR) is 92.5 cm³/mol. The zero-order valence-corrected chi connectivity index (χ0v) is 14.8. The average Bonchev–Trinajstić information content (AvgIpc) is 3.13. The van der Waals surface area contributed by atoms with Crippen LogP contribution in [0.1, 0.15) is 16.1 Å². The van der Waals surface area contributed by atoms with Crippen LogP contribution in [0.15, 0.2) is 74.4 Å². The number of aromatic nitrogens is 1. The van der Waals surface area contributed by atoms with Crippen LogP contribution in [0.5, 0.6) is 0 Å². The SMILES string of the molecule is CS(=O)(=NC(=O)c1ccc(-c2cc(C(F)(F)F)on2)cc1)c1ccccc1. The van der Waals surface area contributed by atoms with Crippen LogP contribution >= 0.6 is 0 Å². The third-order valence-electron chi connectivity index (χ3n) is 3.65. The molecule has 3 rings (SSSR count). The maximum Gasteiger partial charge on any atom is 0.452 e. The molecule has 0 aliphatic carbocycles. The van der Waals surface area contributed by atoms with Crippen LogP contribution in [0.4, 0.5) is 13.2 Å². The molecule has 9 heteroatoms. The van der Waals surface area contributed by atoms with E-state index in [0.717, 1.165) is 6.07 Å². The zero-order chi connectivity index (χ0) is 19.7. The third kappa shape index (κ3) is 4.25. The number of rotatable bonds is 3. The van der Waals surface area contributed by atoms with Crippen LogP contribution < -0.4 is 0 Å². The number of hydrogen-bond acceptors (Lipinski definition) is 4. The molecule has 1 amide bonds. The Kier molecular flexibility index (Phi) is 4.88. The van der Waals surface area contributed by atoms with Gasteiger partial charge in [0.2, 0.25) is 5.76 Å². The molecule has 3 aromatic rings. The van der Waals surface area contributed by atoms with E-state index in [1.165, 1.54) is 30.5 Å². The second kappa shape index (κ2) is 6.99. The number of carbonyl (C=O) groups excluding carboxylic acids is 1. The van der Waals surface area contributed by atoms with Gasteiger partial charge in [0.25, 0.3) is 5.91 Å². The van der Waals surface area contributed by atoms with Gasteiger partial charge >= 0.3 is 6.18 Å². The molecule has 1 atom stereocenters. The minimum atomic E-state index is -4.63. The molecule has 0 N–H and O–H groups in total. The highest BCUT2D eigenvalue weighted by atomic mass is 32.2. The van der Waals surface area contributed by atoms with Gasteiger partial charge in [0.1, 0.15) is 5.69 Å². The van der Waals surface area contributed by atoms with Gasteiger partial charge in [0.15, 0.2) is 0 Å². The smallest absolute Gasteiger partial charge is 0.351 e. The van der Waals surface area contributed by atoms with E-state index in [0.29, 0.717) is 10.5 Å². The summed E-state index contributed by atoms with van der Waals surface area (Å²) < 4.78 is 58.4. The van der Waals surface area contributed by atoms with Gasteiger partial charge in [-0.2, -0.15) is 17.5 Å². The molecule has 1 unspecified atom stereocenters. The van der Waals surface area contributed by atoms with Crippen LogP contribution in [-0.2, 0) is 15.9 Å². The summed E-state index contributed by atoms with van der Waals surface area (Å²) in [5, 5.41) is 3.38. The first-order valence-corrected chi connectivity index (χ1v) is 9.55. The van der Waals surface area contributed by atoms with Crippen LogP contribution in [0.25, 0.3) is 11.3 Å². The summed E-state index contributed by atoms with van der Waals surface area (Å²) in [7, 11) is -2.91. The summed E-state index contributed by atoms with van der Waals surface area (Å²) in [5.41, 5.74) is 0.483. The molecule has 1 aromatic heterocycles. The molecule has 0 saturated heterocycles. The van der Waals surface area contributed by atoms with Crippen LogP contribution in [0.3, 0.4) is 0 Å². The van der Waals surface area contributed by atoms with Gasteiger partial charge in [0.05, 0.1) is 9.73 Å². The number of alkyl halides is 3. The van der Waals surface area contributed by atoms with Gasteiger partial charge in [-0.25, -0.2) is 4.21 Å². The number of halogens is 3. The fraction of sp³-hybridized carbons (Fsp3) is 0.111. The Morgan fingerprint density at radius 2 is 1.70 bits per heavy atom. The molecule has 140 valence electrons. The highest BCUT2D eigenvalue weighted by molar-refractivity contribution is 7.93. The number of benzene rings is 2. The van der Waals surface area contributed by atoms with Gasteiger partial charge in [0, 0.05) is 28.3 Å². The Balaban J connectivity index is 1.85. The second-order valence-electron chi connectivity index (χ2n) is 5.66. The van der Waals surface area contributed by atoms with Crippen LogP contribution in [-0.4, -0.2) is 21.5 Å². The van der Waals surface area contributed by atoms with Crippen LogP contribution in [0.2, 0.25) is 0 Å². The Morgan fingerprint density at radius 1 is 1.07 bits per heavy atom. The normalized spacial score (nSPS) is 13.8. The van der Waals surface area contributed by atoms with Crippen LogP contribution in [0, 0.1) is 0 Å². The fourth-order valence-electron chi connectivity index (χ4n) is 2.27. The summed E-state index contributed by atoms with van der Waals surface area (Å²) in [6, 6.07) is 14.7. The van der Waals surface area contributed by atoms with Crippen molar-refractivity contribution in [2.75, 3.05) is 6.26 Å². The molecule has 0 saturated carbocycles. The standard InChI is InChI=1S/C18H13F3N2O3S/c1-27(25,14-5-3-2-4-6-14)23-17(24)13-9-7-12(8-10-13)15-11-16(26-22-15)18(19,20)21/h2-11H,1H3. The molecular weight excluding hydrogens is 381 g/mol. The van der Waals surface area contributed by atoms with Crippen molar-refractivity contribution in [2.24, 2.45) is 4.36 Å². The molecule has 0 radical (unpaired) electrons. The average molecular weight is 394 g/mol. The predicted octanol–water partition coefficient (Wildman–Crippen LogP) is 4.66. The number of hydrogen-bond donors (Lipinski definition) is 0. The summed E-state index contributed by atoms with van der Waals surface area (Å²) in [6.07, 6.45) is -3.26. The van der Waals surface area contributed by atoms with Crippen molar-refractivity contribution in [3.05, 3.63) is 72.0 Å². The molecular formula is C18H13F3N2O3S. The van der Waals surface area contributed by atoms with E-state index >= 15 is 0 Å². The van der Waals surface area contributed by atoms with E-state index in [9.17, 15) is 22.2 Å². The topological polar surface area (TPSA) is 72.5 Å². The quantitative estimate of drug-likeness (QED) is 0.648. The molecule has 1 heterocycles. The van der Waals surface area contributed by atoms with E-state index < -0.39 is 27.6 Å². The van der Waals surface area contributed by atoms with Crippen molar-refractivity contribution in [1.82, 2.24) is 5.16 Å². The molecule has 0 aliphatic heterocycles. The summed E-state index contributed by atoms with van der Waals surface area (Å²) in [6.45, 7) is 0. The minimum absolute atomic E-state index is 0.0122. The Labute approximate surface area is 153 Å². The summed E-state index contributed by atoms with van der Waals surface area (Å²) >= 11 is 0. The van der Waals surface area contributed by atoms with E-state index in [1.54, 1.807) is 30.3 Å². The molecule has 0 aliphatic rings. The molecule has 27 heavy (non-hydrogen) atoms. The molecule has 2 aromatic carbocycles. The lowest BCUT2D eigenvalue weighted by Gasteiger charge is -2.04. The van der Waals surface area contributed by atoms with Crippen molar-refractivity contribution in [1.29, 1.82) is 0 Å².